The zero-order chi connectivity index (χ0) is 15.5. The predicted octanol–water partition coefficient (Wildman–Crippen LogP) is 2.27. The van der Waals surface area contributed by atoms with Crippen molar-refractivity contribution in [2.24, 2.45) is 0 Å². The van der Waals surface area contributed by atoms with Crippen LogP contribution in [-0.4, -0.2) is 35.0 Å². The molecule has 2 heterocycles. The standard InChI is InChI=1S/C17H18N2O3/c1-12-16(22-15-6-4-3-5-14(15)21-12)17(20)19(2)11-13-7-9-18-10-8-13/h3-10,12,16H,11H2,1-2H3/t12-,16-/m0/s1. The van der Waals surface area contributed by atoms with Crippen molar-refractivity contribution in [3.8, 4) is 11.5 Å². The number of amides is 1. The summed E-state index contributed by atoms with van der Waals surface area (Å²) < 4.78 is 11.6. The van der Waals surface area contributed by atoms with Crippen LogP contribution in [0.2, 0.25) is 0 Å². The Morgan fingerprint density at radius 1 is 1.14 bits per heavy atom. The van der Waals surface area contributed by atoms with Crippen molar-refractivity contribution in [3.63, 3.8) is 0 Å². The van der Waals surface area contributed by atoms with Gasteiger partial charge in [0.1, 0.15) is 6.10 Å². The van der Waals surface area contributed by atoms with E-state index < -0.39 is 6.10 Å². The average molecular weight is 298 g/mol. The number of rotatable bonds is 3. The van der Waals surface area contributed by atoms with Gasteiger partial charge in [-0.1, -0.05) is 12.1 Å². The number of fused-ring (bicyclic) bond motifs is 1. The van der Waals surface area contributed by atoms with Crippen LogP contribution < -0.4 is 9.47 Å². The second-order valence-electron chi connectivity index (χ2n) is 5.36. The van der Waals surface area contributed by atoms with Crippen LogP contribution in [0.3, 0.4) is 0 Å². The molecule has 0 bridgehead atoms. The summed E-state index contributed by atoms with van der Waals surface area (Å²) in [6.07, 6.45) is 2.46. The van der Waals surface area contributed by atoms with E-state index in [9.17, 15) is 4.79 Å². The van der Waals surface area contributed by atoms with Crippen LogP contribution >= 0.6 is 0 Å². The van der Waals surface area contributed by atoms with Crippen LogP contribution in [0.4, 0.5) is 0 Å². The molecule has 0 saturated carbocycles. The molecule has 22 heavy (non-hydrogen) atoms. The summed E-state index contributed by atoms with van der Waals surface area (Å²) in [5.41, 5.74) is 1.02. The summed E-state index contributed by atoms with van der Waals surface area (Å²) in [5.74, 6) is 1.19. The molecule has 2 aromatic rings. The second kappa shape index (κ2) is 6.05. The molecule has 0 saturated heterocycles. The molecule has 2 atom stereocenters. The number of likely N-dealkylation sites (N-methyl/N-ethyl adjacent to an activating group) is 1. The van der Waals surface area contributed by atoms with Crippen LogP contribution in [0.15, 0.2) is 48.8 Å². The number of nitrogens with zero attached hydrogens (tertiary/aromatic N) is 2. The third kappa shape index (κ3) is 2.88. The normalized spacial score (nSPS) is 19.5. The van der Waals surface area contributed by atoms with Crippen molar-refractivity contribution < 1.29 is 14.3 Å². The highest BCUT2D eigenvalue weighted by Gasteiger charge is 2.35. The van der Waals surface area contributed by atoms with Gasteiger partial charge in [-0.05, 0) is 36.8 Å². The molecule has 0 aliphatic carbocycles. The predicted molar refractivity (Wildman–Crippen MR) is 81.7 cm³/mol. The molecule has 1 amide bonds. The molecule has 5 nitrogen and oxygen atoms in total. The number of benzene rings is 1. The maximum Gasteiger partial charge on any atom is 0.267 e. The van der Waals surface area contributed by atoms with Crippen LogP contribution in [0.5, 0.6) is 11.5 Å². The maximum atomic E-state index is 12.6. The lowest BCUT2D eigenvalue weighted by atomic mass is 10.1. The lowest BCUT2D eigenvalue weighted by Gasteiger charge is -2.33. The van der Waals surface area contributed by atoms with Gasteiger partial charge < -0.3 is 14.4 Å². The minimum atomic E-state index is -0.637. The quantitative estimate of drug-likeness (QED) is 0.872. The van der Waals surface area contributed by atoms with E-state index in [1.165, 1.54) is 0 Å². The Morgan fingerprint density at radius 2 is 1.77 bits per heavy atom. The third-order valence-electron chi connectivity index (χ3n) is 3.63. The van der Waals surface area contributed by atoms with E-state index in [0.29, 0.717) is 18.0 Å². The molecule has 1 aromatic heterocycles. The first kappa shape index (κ1) is 14.4. The smallest absolute Gasteiger partial charge is 0.267 e. The van der Waals surface area contributed by atoms with E-state index in [0.717, 1.165) is 5.56 Å². The number of hydrogen-bond donors (Lipinski definition) is 0. The summed E-state index contributed by atoms with van der Waals surface area (Å²) in [7, 11) is 1.76. The average Bonchev–Trinajstić information content (AvgIpc) is 2.54. The molecule has 114 valence electrons. The Bertz CT molecular complexity index is 660. The summed E-state index contributed by atoms with van der Waals surface area (Å²) in [5, 5.41) is 0. The van der Waals surface area contributed by atoms with Crippen LogP contribution in [-0.2, 0) is 11.3 Å². The summed E-state index contributed by atoms with van der Waals surface area (Å²) in [6, 6.07) is 11.2. The number of carbonyl (C=O) groups excluding carboxylic acids is 1. The number of aromatic nitrogens is 1. The fraction of sp³-hybridized carbons (Fsp3) is 0.294. The van der Waals surface area contributed by atoms with Crippen LogP contribution in [0.25, 0.3) is 0 Å². The van der Waals surface area contributed by atoms with Gasteiger partial charge in [0.2, 0.25) is 6.10 Å². The van der Waals surface area contributed by atoms with E-state index in [1.807, 2.05) is 43.3 Å². The van der Waals surface area contributed by atoms with E-state index >= 15 is 0 Å². The minimum Gasteiger partial charge on any atom is -0.482 e. The fourth-order valence-electron chi connectivity index (χ4n) is 2.45. The molecular formula is C17H18N2O3. The molecule has 0 radical (unpaired) electrons. The van der Waals surface area contributed by atoms with Crippen molar-refractivity contribution in [2.45, 2.75) is 25.7 Å². The van der Waals surface area contributed by atoms with Gasteiger partial charge in [-0.15, -0.1) is 0 Å². The number of para-hydroxylation sites is 2. The zero-order valence-electron chi connectivity index (χ0n) is 12.6. The molecule has 0 N–H and O–H groups in total. The van der Waals surface area contributed by atoms with Gasteiger partial charge in [0.05, 0.1) is 0 Å². The molecule has 0 spiro atoms. The Morgan fingerprint density at radius 3 is 2.45 bits per heavy atom. The Kier molecular flexibility index (Phi) is 3.96. The van der Waals surface area contributed by atoms with Crippen LogP contribution in [0, 0.1) is 0 Å². The Labute approximate surface area is 129 Å². The fourth-order valence-corrected chi connectivity index (χ4v) is 2.45. The Hall–Kier alpha value is -2.56. The molecule has 1 aromatic carbocycles. The first-order valence-corrected chi connectivity index (χ1v) is 7.21. The van der Waals surface area contributed by atoms with E-state index in [1.54, 1.807) is 24.3 Å². The lowest BCUT2D eigenvalue weighted by Crippen LogP contribution is -2.49. The topological polar surface area (TPSA) is 51.7 Å². The highest BCUT2D eigenvalue weighted by Crippen LogP contribution is 2.33. The van der Waals surface area contributed by atoms with Crippen molar-refractivity contribution in [2.75, 3.05) is 7.05 Å². The van der Waals surface area contributed by atoms with E-state index in [4.69, 9.17) is 9.47 Å². The van der Waals surface area contributed by atoms with E-state index in [-0.39, 0.29) is 12.0 Å². The third-order valence-corrected chi connectivity index (χ3v) is 3.63. The Balaban J connectivity index is 1.72. The minimum absolute atomic E-state index is 0.0983. The van der Waals surface area contributed by atoms with Crippen molar-refractivity contribution in [1.29, 1.82) is 0 Å². The first-order valence-electron chi connectivity index (χ1n) is 7.21. The van der Waals surface area contributed by atoms with Crippen molar-refractivity contribution in [1.82, 2.24) is 9.88 Å². The van der Waals surface area contributed by atoms with Gasteiger partial charge in [0, 0.05) is 26.0 Å². The zero-order valence-corrected chi connectivity index (χ0v) is 12.6. The molecule has 3 rings (SSSR count). The van der Waals surface area contributed by atoms with Gasteiger partial charge in [-0.2, -0.15) is 0 Å². The number of pyridine rings is 1. The molecule has 0 fully saturated rings. The number of ether oxygens (including phenoxy) is 2. The highest BCUT2D eigenvalue weighted by molar-refractivity contribution is 5.82. The molecular weight excluding hydrogens is 280 g/mol. The van der Waals surface area contributed by atoms with Gasteiger partial charge in [-0.25, -0.2) is 0 Å². The molecule has 1 aliphatic heterocycles. The SMILES string of the molecule is C[C@@H]1Oc2ccccc2O[C@@H]1C(=O)N(C)Cc1ccncc1. The van der Waals surface area contributed by atoms with Crippen LogP contribution in [0.1, 0.15) is 12.5 Å². The van der Waals surface area contributed by atoms with Gasteiger partial charge in [-0.3, -0.25) is 9.78 Å². The van der Waals surface area contributed by atoms with Gasteiger partial charge >= 0.3 is 0 Å². The number of hydrogen-bond acceptors (Lipinski definition) is 4. The van der Waals surface area contributed by atoms with Crippen molar-refractivity contribution in [3.05, 3.63) is 54.4 Å². The molecule has 0 unspecified atom stereocenters. The monoisotopic (exact) mass is 298 g/mol. The lowest BCUT2D eigenvalue weighted by molar-refractivity contribution is -0.143. The summed E-state index contributed by atoms with van der Waals surface area (Å²) in [6.45, 7) is 2.36. The summed E-state index contributed by atoms with van der Waals surface area (Å²) >= 11 is 0. The van der Waals surface area contributed by atoms with Crippen molar-refractivity contribution >= 4 is 5.91 Å². The van der Waals surface area contributed by atoms with Gasteiger partial charge in [0.15, 0.2) is 11.5 Å². The first-order chi connectivity index (χ1) is 10.6. The van der Waals surface area contributed by atoms with Gasteiger partial charge in [0.25, 0.3) is 5.91 Å². The van der Waals surface area contributed by atoms with E-state index in [2.05, 4.69) is 4.98 Å². The second-order valence-corrected chi connectivity index (χ2v) is 5.36. The molecule has 1 aliphatic rings. The summed E-state index contributed by atoms with van der Waals surface area (Å²) in [4.78, 5) is 18.3. The maximum absolute atomic E-state index is 12.6. The largest absolute Gasteiger partial charge is 0.482 e. The number of carbonyl (C=O) groups is 1. The molecule has 5 heteroatoms. The highest BCUT2D eigenvalue weighted by atomic mass is 16.6.